The van der Waals surface area contributed by atoms with Crippen molar-refractivity contribution in [1.29, 1.82) is 0 Å². The molecule has 1 N–H and O–H groups in total. The maximum absolute atomic E-state index is 13.0. The van der Waals surface area contributed by atoms with Crippen LogP contribution in [-0.4, -0.2) is 35.4 Å². The Labute approximate surface area is 157 Å². The van der Waals surface area contributed by atoms with Gasteiger partial charge in [0.2, 0.25) is 5.91 Å². The molecule has 3 rings (SSSR count). The predicted octanol–water partition coefficient (Wildman–Crippen LogP) is 4.45. The molecule has 1 unspecified atom stereocenters. The van der Waals surface area contributed by atoms with E-state index in [2.05, 4.69) is 0 Å². The van der Waals surface area contributed by atoms with Crippen molar-refractivity contribution in [1.82, 2.24) is 0 Å². The molecule has 1 aliphatic heterocycles. The van der Waals surface area contributed by atoms with Crippen molar-refractivity contribution in [2.45, 2.75) is 70.3 Å². The second-order valence-corrected chi connectivity index (χ2v) is 7.86. The van der Waals surface area contributed by atoms with Crippen LogP contribution in [0.25, 0.3) is 0 Å². The lowest BCUT2D eigenvalue weighted by Crippen LogP contribution is -2.43. The number of halogens is 3. The summed E-state index contributed by atoms with van der Waals surface area (Å²) in [6.07, 6.45) is -2.25. The topological polar surface area (TPSA) is 49.8 Å². The standard InChI is InChI=1S/C20H26F3NO3/c1-3-19(26)10-8-18(9-11-19)12-13-24(17(18)25)15-4-6-16(7-5-15)27-14(2)20(21,22)23/h4-7,14,26H,3,8-13H2,1-2H3. The molecule has 1 atom stereocenters. The van der Waals surface area contributed by atoms with E-state index in [0.717, 1.165) is 13.3 Å². The van der Waals surface area contributed by atoms with Gasteiger partial charge in [0.05, 0.1) is 11.0 Å². The zero-order valence-electron chi connectivity index (χ0n) is 15.7. The van der Waals surface area contributed by atoms with Gasteiger partial charge in [0.1, 0.15) is 5.75 Å². The molecule has 1 heterocycles. The molecule has 27 heavy (non-hydrogen) atoms. The molecule has 1 aliphatic carbocycles. The number of carbonyl (C=O) groups is 1. The van der Waals surface area contributed by atoms with Gasteiger partial charge in [0.15, 0.2) is 6.10 Å². The fourth-order valence-electron chi connectivity index (χ4n) is 4.05. The number of nitrogens with zero attached hydrogens (tertiary/aromatic N) is 1. The lowest BCUT2D eigenvalue weighted by atomic mass is 9.67. The lowest BCUT2D eigenvalue weighted by molar-refractivity contribution is -0.189. The molecule has 1 aromatic rings. The average Bonchev–Trinajstić information content (AvgIpc) is 2.94. The van der Waals surface area contributed by atoms with Crippen molar-refractivity contribution < 1.29 is 27.8 Å². The van der Waals surface area contributed by atoms with Gasteiger partial charge in [-0.05, 0) is 69.7 Å². The van der Waals surface area contributed by atoms with E-state index in [9.17, 15) is 23.1 Å². The van der Waals surface area contributed by atoms with Crippen LogP contribution in [0, 0.1) is 5.41 Å². The van der Waals surface area contributed by atoms with Gasteiger partial charge >= 0.3 is 6.18 Å². The van der Waals surface area contributed by atoms with Crippen LogP contribution in [0.5, 0.6) is 5.75 Å². The van der Waals surface area contributed by atoms with E-state index < -0.39 is 23.3 Å². The van der Waals surface area contributed by atoms with Crippen LogP contribution in [-0.2, 0) is 4.79 Å². The zero-order chi connectivity index (χ0) is 19.9. The minimum Gasteiger partial charge on any atom is -0.481 e. The van der Waals surface area contributed by atoms with E-state index in [1.165, 1.54) is 12.1 Å². The van der Waals surface area contributed by atoms with Gasteiger partial charge in [-0.1, -0.05) is 6.92 Å². The summed E-state index contributed by atoms with van der Waals surface area (Å²) >= 11 is 0. The van der Waals surface area contributed by atoms with Crippen molar-refractivity contribution in [3.63, 3.8) is 0 Å². The lowest BCUT2D eigenvalue weighted by Gasteiger charge is -2.40. The first-order chi connectivity index (χ1) is 12.6. The number of amides is 1. The van der Waals surface area contributed by atoms with Crippen LogP contribution in [0.1, 0.15) is 52.4 Å². The Morgan fingerprint density at radius 3 is 2.26 bits per heavy atom. The van der Waals surface area contributed by atoms with Gasteiger partial charge in [-0.3, -0.25) is 4.79 Å². The number of alkyl halides is 3. The summed E-state index contributed by atoms with van der Waals surface area (Å²) in [6, 6.07) is 6.18. The first-order valence-corrected chi connectivity index (χ1v) is 9.46. The summed E-state index contributed by atoms with van der Waals surface area (Å²) < 4.78 is 42.7. The summed E-state index contributed by atoms with van der Waals surface area (Å²) in [5.74, 6) is 0.175. The normalized spacial score (nSPS) is 30.0. The van der Waals surface area contributed by atoms with Gasteiger partial charge in [0.25, 0.3) is 0 Å². The summed E-state index contributed by atoms with van der Waals surface area (Å²) in [7, 11) is 0. The summed E-state index contributed by atoms with van der Waals surface area (Å²) in [6.45, 7) is 3.51. The molecule has 1 aromatic carbocycles. The molecule has 4 nitrogen and oxygen atoms in total. The molecule has 2 fully saturated rings. The second kappa shape index (κ2) is 7.00. The molecule has 150 valence electrons. The quantitative estimate of drug-likeness (QED) is 0.833. The Morgan fingerprint density at radius 1 is 1.15 bits per heavy atom. The van der Waals surface area contributed by atoms with Crippen molar-refractivity contribution in [3.8, 4) is 5.75 Å². The predicted molar refractivity (Wildman–Crippen MR) is 95.7 cm³/mol. The van der Waals surface area contributed by atoms with Crippen LogP contribution in [0.3, 0.4) is 0 Å². The van der Waals surface area contributed by atoms with Crippen molar-refractivity contribution in [3.05, 3.63) is 24.3 Å². The van der Waals surface area contributed by atoms with Gasteiger partial charge in [0, 0.05) is 12.2 Å². The van der Waals surface area contributed by atoms with E-state index in [1.807, 2.05) is 6.92 Å². The van der Waals surface area contributed by atoms with E-state index in [-0.39, 0.29) is 11.7 Å². The fraction of sp³-hybridized carbons (Fsp3) is 0.650. The summed E-state index contributed by atoms with van der Waals surface area (Å²) in [5.41, 5.74) is -0.408. The average molecular weight is 385 g/mol. The van der Waals surface area contributed by atoms with Crippen LogP contribution < -0.4 is 9.64 Å². The number of rotatable bonds is 4. The molecule has 7 heteroatoms. The number of benzene rings is 1. The Hall–Kier alpha value is -1.76. The molecule has 0 radical (unpaired) electrons. The second-order valence-electron chi connectivity index (χ2n) is 7.86. The molecule has 1 saturated heterocycles. The van der Waals surface area contributed by atoms with Gasteiger partial charge < -0.3 is 14.7 Å². The number of hydrogen-bond acceptors (Lipinski definition) is 3. The highest BCUT2D eigenvalue weighted by molar-refractivity contribution is 6.00. The van der Waals surface area contributed by atoms with Crippen LogP contribution in [0.4, 0.5) is 18.9 Å². The molecule has 1 saturated carbocycles. The first-order valence-electron chi connectivity index (χ1n) is 9.46. The third kappa shape index (κ3) is 3.93. The molecular formula is C20H26F3NO3. The Balaban J connectivity index is 1.67. The van der Waals surface area contributed by atoms with Crippen molar-refractivity contribution >= 4 is 11.6 Å². The first kappa shape index (κ1) is 20.0. The third-order valence-electron chi connectivity index (χ3n) is 6.23. The molecule has 1 amide bonds. The van der Waals surface area contributed by atoms with Gasteiger partial charge in [-0.15, -0.1) is 0 Å². The van der Waals surface area contributed by atoms with Gasteiger partial charge in [-0.25, -0.2) is 0 Å². The molecular weight excluding hydrogens is 359 g/mol. The Bertz CT molecular complexity index is 679. The largest absolute Gasteiger partial charge is 0.481 e. The van der Waals surface area contributed by atoms with Crippen molar-refractivity contribution in [2.24, 2.45) is 5.41 Å². The van der Waals surface area contributed by atoms with Crippen LogP contribution in [0.15, 0.2) is 24.3 Å². The fourth-order valence-corrected chi connectivity index (χ4v) is 4.05. The zero-order valence-corrected chi connectivity index (χ0v) is 15.7. The molecule has 0 bridgehead atoms. The summed E-state index contributed by atoms with van der Waals surface area (Å²) in [4.78, 5) is 14.7. The number of ether oxygens (including phenoxy) is 1. The highest BCUT2D eigenvalue weighted by Gasteiger charge is 2.51. The number of carbonyl (C=O) groups excluding carboxylic acids is 1. The molecule has 0 aromatic heterocycles. The van der Waals surface area contributed by atoms with E-state index in [4.69, 9.17) is 4.74 Å². The SMILES string of the molecule is CCC1(O)CCC2(CCN(c3ccc(OC(C)C(F)(F)F)cc3)C2=O)CC1. The highest BCUT2D eigenvalue weighted by Crippen LogP contribution is 2.49. The Morgan fingerprint density at radius 2 is 1.74 bits per heavy atom. The number of anilines is 1. The highest BCUT2D eigenvalue weighted by atomic mass is 19.4. The Kier molecular flexibility index (Phi) is 5.18. The smallest absolute Gasteiger partial charge is 0.425 e. The minimum absolute atomic E-state index is 0.0537. The van der Waals surface area contributed by atoms with Crippen LogP contribution >= 0.6 is 0 Å². The van der Waals surface area contributed by atoms with E-state index in [0.29, 0.717) is 44.3 Å². The number of hydrogen-bond donors (Lipinski definition) is 1. The number of aliphatic hydroxyl groups is 1. The maximum atomic E-state index is 13.0. The van der Waals surface area contributed by atoms with Crippen LogP contribution in [0.2, 0.25) is 0 Å². The summed E-state index contributed by atoms with van der Waals surface area (Å²) in [5, 5.41) is 10.4. The third-order valence-corrected chi connectivity index (χ3v) is 6.23. The van der Waals surface area contributed by atoms with E-state index in [1.54, 1.807) is 17.0 Å². The van der Waals surface area contributed by atoms with E-state index >= 15 is 0 Å². The van der Waals surface area contributed by atoms with Crippen molar-refractivity contribution in [2.75, 3.05) is 11.4 Å². The molecule has 2 aliphatic rings. The van der Waals surface area contributed by atoms with Gasteiger partial charge in [-0.2, -0.15) is 13.2 Å². The maximum Gasteiger partial charge on any atom is 0.425 e. The monoisotopic (exact) mass is 385 g/mol. The minimum atomic E-state index is -4.42. The molecule has 1 spiro atoms.